The summed E-state index contributed by atoms with van der Waals surface area (Å²) in [5.41, 5.74) is 0.178. The summed E-state index contributed by atoms with van der Waals surface area (Å²) in [6, 6.07) is 1.49. The molecule has 3 amide bonds. The van der Waals surface area contributed by atoms with E-state index >= 15 is 0 Å². The molecule has 24 heavy (non-hydrogen) atoms. The SMILES string of the molecule is CC1NC(=O)CC1NC(=O)[C@H](C)NC(=O)Cc1cc(F)cc(F)c1. The van der Waals surface area contributed by atoms with Crippen molar-refractivity contribution in [1.29, 1.82) is 0 Å². The summed E-state index contributed by atoms with van der Waals surface area (Å²) in [4.78, 5) is 35.2. The number of benzene rings is 1. The fraction of sp³-hybridized carbons (Fsp3) is 0.438. The number of hydrogen-bond donors (Lipinski definition) is 3. The van der Waals surface area contributed by atoms with E-state index in [0.717, 1.165) is 18.2 Å². The van der Waals surface area contributed by atoms with Crippen LogP contribution in [0.25, 0.3) is 0 Å². The Morgan fingerprint density at radius 1 is 1.29 bits per heavy atom. The van der Waals surface area contributed by atoms with E-state index in [9.17, 15) is 23.2 Å². The molecule has 0 bridgehead atoms. The molecule has 130 valence electrons. The number of carbonyl (C=O) groups is 3. The Labute approximate surface area is 138 Å². The molecule has 0 aromatic heterocycles. The number of nitrogens with one attached hydrogen (secondary N) is 3. The standard InChI is InChI=1S/C16H19F2N3O3/c1-8-13(7-15(23)19-8)21-16(24)9(2)20-14(22)5-10-3-11(17)6-12(18)4-10/h3-4,6,8-9,13H,5,7H2,1-2H3,(H,19,23)(H,20,22)(H,21,24)/t8?,9-,13?/m0/s1. The van der Waals surface area contributed by atoms with Crippen LogP contribution in [0.15, 0.2) is 18.2 Å². The normalized spacial score (nSPS) is 21.1. The summed E-state index contributed by atoms with van der Waals surface area (Å²) in [5.74, 6) is -2.64. The van der Waals surface area contributed by atoms with Gasteiger partial charge in [-0.05, 0) is 31.5 Å². The Morgan fingerprint density at radius 2 is 1.92 bits per heavy atom. The molecular formula is C16H19F2N3O3. The summed E-state index contributed by atoms with van der Waals surface area (Å²) in [5, 5.41) is 7.84. The largest absolute Gasteiger partial charge is 0.352 e. The van der Waals surface area contributed by atoms with Crippen LogP contribution in [0.2, 0.25) is 0 Å². The van der Waals surface area contributed by atoms with E-state index in [1.54, 1.807) is 6.92 Å². The van der Waals surface area contributed by atoms with Gasteiger partial charge in [0, 0.05) is 18.5 Å². The van der Waals surface area contributed by atoms with Gasteiger partial charge in [0.2, 0.25) is 17.7 Å². The number of halogens is 2. The monoisotopic (exact) mass is 339 g/mol. The van der Waals surface area contributed by atoms with Gasteiger partial charge < -0.3 is 16.0 Å². The maximum absolute atomic E-state index is 13.1. The summed E-state index contributed by atoms with van der Waals surface area (Å²) in [7, 11) is 0. The lowest BCUT2D eigenvalue weighted by Gasteiger charge is -2.20. The molecule has 1 saturated heterocycles. The van der Waals surface area contributed by atoms with Crippen LogP contribution in [0.4, 0.5) is 8.78 Å². The first-order valence-corrected chi connectivity index (χ1v) is 7.58. The highest BCUT2D eigenvalue weighted by Crippen LogP contribution is 2.09. The third-order valence-corrected chi connectivity index (χ3v) is 3.78. The van der Waals surface area contributed by atoms with Crippen LogP contribution in [-0.2, 0) is 20.8 Å². The Balaban J connectivity index is 1.86. The summed E-state index contributed by atoms with van der Waals surface area (Å²) >= 11 is 0. The first-order valence-electron chi connectivity index (χ1n) is 7.58. The summed E-state index contributed by atoms with van der Waals surface area (Å²) in [6.45, 7) is 3.27. The minimum absolute atomic E-state index is 0.141. The Morgan fingerprint density at radius 3 is 2.46 bits per heavy atom. The van der Waals surface area contributed by atoms with E-state index in [2.05, 4.69) is 16.0 Å². The molecule has 2 rings (SSSR count). The number of rotatable bonds is 5. The second kappa shape index (κ2) is 7.37. The molecule has 1 aliphatic heterocycles. The van der Waals surface area contributed by atoms with E-state index in [-0.39, 0.29) is 36.4 Å². The lowest BCUT2D eigenvalue weighted by Crippen LogP contribution is -2.50. The molecule has 0 aliphatic carbocycles. The molecule has 1 fully saturated rings. The van der Waals surface area contributed by atoms with Gasteiger partial charge in [-0.2, -0.15) is 0 Å². The van der Waals surface area contributed by atoms with Crippen molar-refractivity contribution < 1.29 is 23.2 Å². The molecule has 3 atom stereocenters. The summed E-state index contributed by atoms with van der Waals surface area (Å²) < 4.78 is 26.2. The predicted molar refractivity (Wildman–Crippen MR) is 81.8 cm³/mol. The second-order valence-electron chi connectivity index (χ2n) is 5.92. The van der Waals surface area contributed by atoms with Gasteiger partial charge in [0.05, 0.1) is 12.5 Å². The maximum atomic E-state index is 13.1. The molecule has 1 aliphatic rings. The third-order valence-electron chi connectivity index (χ3n) is 3.78. The van der Waals surface area contributed by atoms with Crippen molar-refractivity contribution in [2.45, 2.75) is 44.8 Å². The van der Waals surface area contributed by atoms with Gasteiger partial charge in [-0.15, -0.1) is 0 Å². The van der Waals surface area contributed by atoms with Gasteiger partial charge in [-0.25, -0.2) is 8.78 Å². The third kappa shape index (κ3) is 4.74. The average Bonchev–Trinajstić information content (AvgIpc) is 2.75. The minimum Gasteiger partial charge on any atom is -0.352 e. The number of hydrogen-bond acceptors (Lipinski definition) is 3. The van der Waals surface area contributed by atoms with Crippen molar-refractivity contribution in [2.24, 2.45) is 0 Å². The Hall–Kier alpha value is -2.51. The molecule has 1 aromatic rings. The van der Waals surface area contributed by atoms with E-state index < -0.39 is 29.5 Å². The molecule has 1 heterocycles. The van der Waals surface area contributed by atoms with Crippen molar-refractivity contribution >= 4 is 17.7 Å². The predicted octanol–water partition coefficient (Wildman–Crippen LogP) is 0.405. The van der Waals surface area contributed by atoms with Crippen LogP contribution in [0.1, 0.15) is 25.8 Å². The van der Waals surface area contributed by atoms with E-state index in [1.165, 1.54) is 6.92 Å². The molecular weight excluding hydrogens is 320 g/mol. The Bertz CT molecular complexity index is 646. The smallest absolute Gasteiger partial charge is 0.242 e. The van der Waals surface area contributed by atoms with Crippen LogP contribution in [-0.4, -0.2) is 35.8 Å². The van der Waals surface area contributed by atoms with Crippen molar-refractivity contribution in [1.82, 2.24) is 16.0 Å². The molecule has 3 N–H and O–H groups in total. The van der Waals surface area contributed by atoms with Crippen LogP contribution in [0.3, 0.4) is 0 Å². The fourth-order valence-corrected chi connectivity index (χ4v) is 2.53. The molecule has 1 aromatic carbocycles. The van der Waals surface area contributed by atoms with Crippen molar-refractivity contribution in [2.75, 3.05) is 0 Å². The minimum atomic E-state index is -0.834. The molecule has 0 spiro atoms. The van der Waals surface area contributed by atoms with Crippen molar-refractivity contribution in [3.05, 3.63) is 35.4 Å². The molecule has 0 saturated carbocycles. The van der Waals surface area contributed by atoms with Crippen LogP contribution >= 0.6 is 0 Å². The highest BCUT2D eigenvalue weighted by Gasteiger charge is 2.31. The van der Waals surface area contributed by atoms with Gasteiger partial charge in [0.1, 0.15) is 17.7 Å². The van der Waals surface area contributed by atoms with Gasteiger partial charge in [0.15, 0.2) is 0 Å². The topological polar surface area (TPSA) is 87.3 Å². The number of amides is 3. The quantitative estimate of drug-likeness (QED) is 0.726. The van der Waals surface area contributed by atoms with Crippen molar-refractivity contribution in [3.63, 3.8) is 0 Å². The van der Waals surface area contributed by atoms with Crippen LogP contribution in [0, 0.1) is 11.6 Å². The first kappa shape index (κ1) is 17.8. The second-order valence-corrected chi connectivity index (χ2v) is 5.92. The van der Waals surface area contributed by atoms with Crippen molar-refractivity contribution in [3.8, 4) is 0 Å². The summed E-state index contributed by atoms with van der Waals surface area (Å²) in [6.07, 6.45) is -0.0533. The number of carbonyl (C=O) groups excluding carboxylic acids is 3. The zero-order chi connectivity index (χ0) is 17.9. The highest BCUT2D eigenvalue weighted by atomic mass is 19.1. The zero-order valence-corrected chi connectivity index (χ0v) is 13.4. The van der Waals surface area contributed by atoms with Gasteiger partial charge in [0.25, 0.3) is 0 Å². The van der Waals surface area contributed by atoms with E-state index in [4.69, 9.17) is 0 Å². The Kier molecular flexibility index (Phi) is 5.48. The average molecular weight is 339 g/mol. The lowest BCUT2D eigenvalue weighted by atomic mass is 10.1. The van der Waals surface area contributed by atoms with Crippen LogP contribution in [0.5, 0.6) is 0 Å². The molecule has 0 radical (unpaired) electrons. The van der Waals surface area contributed by atoms with Gasteiger partial charge >= 0.3 is 0 Å². The van der Waals surface area contributed by atoms with Crippen LogP contribution < -0.4 is 16.0 Å². The van der Waals surface area contributed by atoms with Gasteiger partial charge in [-0.1, -0.05) is 0 Å². The lowest BCUT2D eigenvalue weighted by molar-refractivity contribution is -0.128. The highest BCUT2D eigenvalue weighted by molar-refractivity contribution is 5.89. The molecule has 6 nitrogen and oxygen atoms in total. The molecule has 8 heteroatoms. The van der Waals surface area contributed by atoms with E-state index in [0.29, 0.717) is 0 Å². The molecule has 2 unspecified atom stereocenters. The first-order chi connectivity index (χ1) is 11.2. The fourth-order valence-electron chi connectivity index (χ4n) is 2.53. The van der Waals surface area contributed by atoms with E-state index in [1.807, 2.05) is 0 Å². The zero-order valence-electron chi connectivity index (χ0n) is 13.4. The maximum Gasteiger partial charge on any atom is 0.242 e. The van der Waals surface area contributed by atoms with Gasteiger partial charge in [-0.3, -0.25) is 14.4 Å².